The normalized spacial score (nSPS) is 18.5. The monoisotopic (exact) mass is 395 g/mol. The van der Waals surface area contributed by atoms with Crippen LogP contribution in [0.3, 0.4) is 0 Å². The summed E-state index contributed by atoms with van der Waals surface area (Å²) >= 11 is 0. The van der Waals surface area contributed by atoms with Crippen LogP contribution in [0.15, 0.2) is 54.2 Å². The largest absolute Gasteiger partial charge is 0.507 e. The number of pyridine rings is 1. The second kappa shape index (κ2) is 8.87. The van der Waals surface area contributed by atoms with E-state index in [0.29, 0.717) is 36.7 Å². The molecule has 1 saturated heterocycles. The van der Waals surface area contributed by atoms with Gasteiger partial charge in [0.15, 0.2) is 0 Å². The van der Waals surface area contributed by atoms with Crippen molar-refractivity contribution >= 4 is 17.4 Å². The van der Waals surface area contributed by atoms with E-state index in [2.05, 4.69) is 4.98 Å². The number of hydrogen-bond acceptors (Lipinski definition) is 6. The summed E-state index contributed by atoms with van der Waals surface area (Å²) in [7, 11) is 3.79. The van der Waals surface area contributed by atoms with Gasteiger partial charge in [0.2, 0.25) is 0 Å². The van der Waals surface area contributed by atoms with E-state index in [1.54, 1.807) is 48.7 Å². The van der Waals surface area contributed by atoms with Gasteiger partial charge in [-0.2, -0.15) is 0 Å². The fourth-order valence-electron chi connectivity index (χ4n) is 3.32. The van der Waals surface area contributed by atoms with E-state index in [1.807, 2.05) is 25.9 Å². The Bertz CT molecular complexity index is 925. The number of nitrogens with zero attached hydrogens (tertiary/aromatic N) is 3. The first-order valence-corrected chi connectivity index (χ1v) is 9.51. The molecule has 0 saturated carbocycles. The van der Waals surface area contributed by atoms with Crippen LogP contribution in [-0.4, -0.2) is 65.4 Å². The van der Waals surface area contributed by atoms with Crippen molar-refractivity contribution in [1.82, 2.24) is 14.8 Å². The summed E-state index contributed by atoms with van der Waals surface area (Å²) in [6.45, 7) is 3.27. The van der Waals surface area contributed by atoms with E-state index in [0.717, 1.165) is 0 Å². The highest BCUT2D eigenvalue weighted by molar-refractivity contribution is 6.46. The number of ether oxygens (including phenoxy) is 1. The minimum Gasteiger partial charge on any atom is -0.507 e. The van der Waals surface area contributed by atoms with Gasteiger partial charge in [-0.3, -0.25) is 14.6 Å². The first-order chi connectivity index (χ1) is 13.9. The Morgan fingerprint density at radius 1 is 1.21 bits per heavy atom. The summed E-state index contributed by atoms with van der Waals surface area (Å²) < 4.78 is 5.49. The summed E-state index contributed by atoms with van der Waals surface area (Å²) in [6.07, 6.45) is 1.61. The molecule has 152 valence electrons. The predicted octanol–water partition coefficient (Wildman–Crippen LogP) is 2.46. The number of amides is 1. The van der Waals surface area contributed by atoms with Crippen LogP contribution in [-0.2, 0) is 9.59 Å². The smallest absolute Gasteiger partial charge is 0.295 e. The maximum absolute atomic E-state index is 12.9. The lowest BCUT2D eigenvalue weighted by atomic mass is 9.98. The Hall–Kier alpha value is -3.19. The quantitative estimate of drug-likeness (QED) is 0.441. The van der Waals surface area contributed by atoms with Gasteiger partial charge < -0.3 is 19.6 Å². The number of Topliss-reactive ketones (excluding diaryl/α,β-unsaturated/α-hetero) is 1. The molecule has 1 aromatic heterocycles. The third-order valence-electron chi connectivity index (χ3n) is 4.71. The second-order valence-corrected chi connectivity index (χ2v) is 7.01. The molecule has 1 aliphatic rings. The van der Waals surface area contributed by atoms with E-state index in [4.69, 9.17) is 4.74 Å². The van der Waals surface area contributed by atoms with Crippen molar-refractivity contribution in [3.8, 4) is 5.75 Å². The molecule has 0 radical (unpaired) electrons. The minimum absolute atomic E-state index is 0.0427. The van der Waals surface area contributed by atoms with Crippen LogP contribution < -0.4 is 4.74 Å². The van der Waals surface area contributed by atoms with Gasteiger partial charge in [0, 0.05) is 24.8 Å². The minimum atomic E-state index is -0.744. The van der Waals surface area contributed by atoms with Gasteiger partial charge >= 0.3 is 0 Å². The van der Waals surface area contributed by atoms with Crippen LogP contribution in [0.4, 0.5) is 0 Å². The second-order valence-electron chi connectivity index (χ2n) is 7.01. The molecule has 0 spiro atoms. The molecule has 29 heavy (non-hydrogen) atoms. The summed E-state index contributed by atoms with van der Waals surface area (Å²) in [6, 6.07) is 11.4. The van der Waals surface area contributed by atoms with Gasteiger partial charge in [0.1, 0.15) is 17.6 Å². The van der Waals surface area contributed by atoms with Crippen LogP contribution in [0.5, 0.6) is 5.75 Å². The maximum Gasteiger partial charge on any atom is 0.295 e. The molecule has 1 amide bonds. The lowest BCUT2D eigenvalue weighted by Crippen LogP contribution is -2.35. The molecular weight excluding hydrogens is 370 g/mol. The molecular formula is C22H25N3O4. The molecule has 7 nitrogen and oxygen atoms in total. The number of rotatable bonds is 7. The summed E-state index contributed by atoms with van der Waals surface area (Å²) in [5.74, 6) is -0.996. The van der Waals surface area contributed by atoms with Gasteiger partial charge in [-0.25, -0.2) is 0 Å². The van der Waals surface area contributed by atoms with Gasteiger partial charge in [-0.1, -0.05) is 18.2 Å². The predicted molar refractivity (Wildman–Crippen MR) is 109 cm³/mol. The molecule has 2 heterocycles. The Morgan fingerprint density at radius 3 is 2.66 bits per heavy atom. The molecule has 1 unspecified atom stereocenters. The first kappa shape index (κ1) is 20.5. The zero-order valence-electron chi connectivity index (χ0n) is 16.8. The molecule has 1 N–H and O–H groups in total. The maximum atomic E-state index is 12.9. The van der Waals surface area contributed by atoms with E-state index in [1.165, 1.54) is 4.90 Å². The number of ketones is 1. The fourth-order valence-corrected chi connectivity index (χ4v) is 3.32. The Labute approximate surface area is 170 Å². The molecule has 0 aliphatic carbocycles. The Balaban J connectivity index is 2.11. The van der Waals surface area contributed by atoms with E-state index in [9.17, 15) is 14.7 Å². The van der Waals surface area contributed by atoms with Crippen LogP contribution in [0.2, 0.25) is 0 Å². The van der Waals surface area contributed by atoms with E-state index < -0.39 is 17.7 Å². The van der Waals surface area contributed by atoms with Gasteiger partial charge in [-0.15, -0.1) is 0 Å². The number of benzene rings is 1. The highest BCUT2D eigenvalue weighted by Gasteiger charge is 2.46. The topological polar surface area (TPSA) is 83.0 Å². The zero-order valence-corrected chi connectivity index (χ0v) is 16.8. The van der Waals surface area contributed by atoms with Crippen molar-refractivity contribution in [3.63, 3.8) is 0 Å². The molecule has 2 aromatic rings. The Kier molecular flexibility index (Phi) is 6.29. The number of aromatic nitrogens is 1. The molecule has 1 aliphatic heterocycles. The third kappa shape index (κ3) is 4.30. The van der Waals surface area contributed by atoms with Crippen molar-refractivity contribution < 1.29 is 19.4 Å². The number of carbonyl (C=O) groups is 2. The van der Waals surface area contributed by atoms with Crippen LogP contribution >= 0.6 is 0 Å². The molecule has 7 heteroatoms. The SMILES string of the molecule is CCOc1cccc(/C(O)=C2\C(=O)C(=O)N(CCN(C)C)C2c2ccccn2)c1. The third-order valence-corrected chi connectivity index (χ3v) is 4.71. The Morgan fingerprint density at radius 2 is 2.00 bits per heavy atom. The molecule has 0 bridgehead atoms. The van der Waals surface area contributed by atoms with Crippen molar-refractivity contribution in [3.05, 3.63) is 65.5 Å². The van der Waals surface area contributed by atoms with Crippen molar-refractivity contribution in [2.45, 2.75) is 13.0 Å². The van der Waals surface area contributed by atoms with Crippen molar-refractivity contribution in [2.24, 2.45) is 0 Å². The van der Waals surface area contributed by atoms with Crippen LogP contribution in [0.1, 0.15) is 24.2 Å². The molecule has 1 aromatic carbocycles. The number of likely N-dealkylation sites (tertiary alicyclic amines) is 1. The van der Waals surface area contributed by atoms with Gasteiger partial charge in [-0.05, 0) is 45.3 Å². The molecule has 1 fully saturated rings. The number of aliphatic hydroxyl groups excluding tert-OH is 1. The van der Waals surface area contributed by atoms with Gasteiger partial charge in [0.05, 0.1) is 17.9 Å². The summed E-state index contributed by atoms with van der Waals surface area (Å²) in [5.41, 5.74) is 0.997. The number of hydrogen-bond donors (Lipinski definition) is 1. The highest BCUT2D eigenvalue weighted by atomic mass is 16.5. The first-order valence-electron chi connectivity index (χ1n) is 9.51. The summed E-state index contributed by atoms with van der Waals surface area (Å²) in [5, 5.41) is 11.0. The molecule has 1 atom stereocenters. The van der Waals surface area contributed by atoms with Crippen molar-refractivity contribution in [2.75, 3.05) is 33.8 Å². The van der Waals surface area contributed by atoms with Crippen LogP contribution in [0.25, 0.3) is 5.76 Å². The van der Waals surface area contributed by atoms with Crippen LogP contribution in [0, 0.1) is 0 Å². The molecule has 3 rings (SSSR count). The standard InChI is InChI=1S/C22H25N3O4/c1-4-29-16-9-7-8-15(14-16)20(26)18-19(17-10-5-6-11-23-17)25(13-12-24(2)3)22(28)21(18)27/h5-11,14,19,26H,4,12-13H2,1-3H3/b20-18+. The highest BCUT2D eigenvalue weighted by Crippen LogP contribution is 2.38. The fraction of sp³-hybridized carbons (Fsp3) is 0.318. The average molecular weight is 395 g/mol. The van der Waals surface area contributed by atoms with E-state index >= 15 is 0 Å². The average Bonchev–Trinajstić information content (AvgIpc) is 2.97. The lowest BCUT2D eigenvalue weighted by Gasteiger charge is -2.25. The van der Waals surface area contributed by atoms with Gasteiger partial charge in [0.25, 0.3) is 11.7 Å². The summed E-state index contributed by atoms with van der Waals surface area (Å²) in [4.78, 5) is 33.4. The zero-order chi connectivity index (χ0) is 21.0. The number of likely N-dealkylation sites (N-methyl/N-ethyl adjacent to an activating group) is 1. The van der Waals surface area contributed by atoms with Crippen molar-refractivity contribution in [1.29, 1.82) is 0 Å². The number of carbonyl (C=O) groups excluding carboxylic acids is 2. The number of aliphatic hydroxyl groups is 1. The van der Waals surface area contributed by atoms with E-state index in [-0.39, 0.29) is 11.3 Å². The lowest BCUT2D eigenvalue weighted by molar-refractivity contribution is -0.140.